The van der Waals surface area contributed by atoms with Crippen LogP contribution in [0.2, 0.25) is 0 Å². The van der Waals surface area contributed by atoms with E-state index in [1.54, 1.807) is 18.6 Å². The van der Waals surface area contributed by atoms with Gasteiger partial charge < -0.3 is 5.32 Å². The molecule has 0 saturated carbocycles. The molecule has 0 saturated heterocycles. The van der Waals surface area contributed by atoms with E-state index in [0.29, 0.717) is 6.54 Å². The Labute approximate surface area is 92.8 Å². The summed E-state index contributed by atoms with van der Waals surface area (Å²) in [5.74, 6) is -0.0352. The van der Waals surface area contributed by atoms with Gasteiger partial charge in [-0.2, -0.15) is 0 Å². The maximum Gasteiger partial charge on any atom is 0.217 e. The highest BCUT2D eigenvalue weighted by Gasteiger charge is 1.97. The van der Waals surface area contributed by atoms with Gasteiger partial charge in [-0.25, -0.2) is 4.98 Å². The van der Waals surface area contributed by atoms with Gasteiger partial charge in [-0.1, -0.05) is 6.08 Å². The van der Waals surface area contributed by atoms with Gasteiger partial charge in [0.15, 0.2) is 5.65 Å². The van der Waals surface area contributed by atoms with Crippen LogP contribution < -0.4 is 5.32 Å². The Morgan fingerprint density at radius 1 is 1.56 bits per heavy atom. The summed E-state index contributed by atoms with van der Waals surface area (Å²) in [7, 11) is 0. The molecule has 0 atom stereocenters. The second-order valence-corrected chi connectivity index (χ2v) is 3.33. The van der Waals surface area contributed by atoms with Crippen molar-refractivity contribution < 1.29 is 4.79 Å². The molecule has 0 aliphatic carbocycles. The molecule has 5 heteroatoms. The van der Waals surface area contributed by atoms with Crippen molar-refractivity contribution in [1.29, 1.82) is 0 Å². The Morgan fingerprint density at radius 3 is 3.25 bits per heavy atom. The molecule has 0 aliphatic heterocycles. The molecule has 0 radical (unpaired) electrons. The molecule has 82 valence electrons. The lowest BCUT2D eigenvalue weighted by atomic mass is 10.4. The van der Waals surface area contributed by atoms with Gasteiger partial charge in [0.2, 0.25) is 5.91 Å². The van der Waals surface area contributed by atoms with Crippen molar-refractivity contribution in [2.24, 2.45) is 0 Å². The van der Waals surface area contributed by atoms with E-state index in [4.69, 9.17) is 0 Å². The molecule has 16 heavy (non-hydrogen) atoms. The Hall–Kier alpha value is -2.17. The topological polar surface area (TPSA) is 59.3 Å². The molecule has 1 N–H and O–H groups in total. The third-order valence-corrected chi connectivity index (χ3v) is 2.10. The number of imidazole rings is 1. The number of rotatable bonds is 3. The van der Waals surface area contributed by atoms with E-state index in [1.165, 1.54) is 6.92 Å². The normalized spacial score (nSPS) is 11.1. The van der Waals surface area contributed by atoms with Crippen LogP contribution in [0.3, 0.4) is 0 Å². The largest absolute Gasteiger partial charge is 0.353 e. The smallest absolute Gasteiger partial charge is 0.217 e. The van der Waals surface area contributed by atoms with Crippen LogP contribution in [0.5, 0.6) is 0 Å². The first-order valence-electron chi connectivity index (χ1n) is 4.95. The summed E-state index contributed by atoms with van der Waals surface area (Å²) in [5, 5.41) is 2.69. The van der Waals surface area contributed by atoms with Crippen LogP contribution in [-0.2, 0) is 4.79 Å². The monoisotopic (exact) mass is 216 g/mol. The zero-order valence-corrected chi connectivity index (χ0v) is 8.92. The molecule has 0 bridgehead atoms. The SMILES string of the molecule is CC(=O)NCC=Cc1cnc2cnccn12. The predicted molar refractivity (Wildman–Crippen MR) is 60.7 cm³/mol. The Kier molecular flexibility index (Phi) is 2.95. The molecular formula is C11H12N4O. The van der Waals surface area contributed by atoms with E-state index < -0.39 is 0 Å². The van der Waals surface area contributed by atoms with Crippen molar-refractivity contribution in [3.8, 4) is 0 Å². The summed E-state index contributed by atoms with van der Waals surface area (Å²) in [6.45, 7) is 2.02. The van der Waals surface area contributed by atoms with Crippen molar-refractivity contribution in [1.82, 2.24) is 19.7 Å². The third kappa shape index (κ3) is 2.25. The number of aromatic nitrogens is 3. The highest BCUT2D eigenvalue weighted by molar-refractivity contribution is 5.73. The summed E-state index contributed by atoms with van der Waals surface area (Å²) in [6.07, 6.45) is 10.8. The van der Waals surface area contributed by atoms with Crippen molar-refractivity contribution in [2.75, 3.05) is 6.54 Å². The van der Waals surface area contributed by atoms with E-state index >= 15 is 0 Å². The van der Waals surface area contributed by atoms with Gasteiger partial charge in [0.1, 0.15) is 0 Å². The number of hydrogen-bond donors (Lipinski definition) is 1. The van der Waals surface area contributed by atoms with Crippen molar-refractivity contribution in [3.63, 3.8) is 0 Å². The molecule has 2 aromatic heterocycles. The molecule has 2 aromatic rings. The highest BCUT2D eigenvalue weighted by atomic mass is 16.1. The molecule has 0 unspecified atom stereocenters. The number of fused-ring (bicyclic) bond motifs is 1. The molecular weight excluding hydrogens is 204 g/mol. The van der Waals surface area contributed by atoms with Gasteiger partial charge in [-0.3, -0.25) is 14.2 Å². The fraction of sp³-hybridized carbons (Fsp3) is 0.182. The van der Waals surface area contributed by atoms with Gasteiger partial charge in [0.25, 0.3) is 0 Å². The van der Waals surface area contributed by atoms with Crippen molar-refractivity contribution in [3.05, 3.63) is 36.6 Å². The summed E-state index contributed by atoms with van der Waals surface area (Å²) in [4.78, 5) is 18.8. The maximum atomic E-state index is 10.6. The number of hydrogen-bond acceptors (Lipinski definition) is 3. The van der Waals surface area contributed by atoms with Crippen LogP contribution in [-0.4, -0.2) is 26.8 Å². The van der Waals surface area contributed by atoms with Crippen LogP contribution in [0.15, 0.2) is 30.9 Å². The van der Waals surface area contributed by atoms with E-state index in [2.05, 4.69) is 15.3 Å². The lowest BCUT2D eigenvalue weighted by Gasteiger charge is -1.96. The van der Waals surface area contributed by atoms with E-state index in [9.17, 15) is 4.79 Å². The first-order valence-corrected chi connectivity index (χ1v) is 4.95. The van der Waals surface area contributed by atoms with Crippen LogP contribution in [0.25, 0.3) is 11.7 Å². The highest BCUT2D eigenvalue weighted by Crippen LogP contribution is 2.05. The fourth-order valence-electron chi connectivity index (χ4n) is 1.37. The van der Waals surface area contributed by atoms with Gasteiger partial charge in [0.05, 0.1) is 18.1 Å². The van der Waals surface area contributed by atoms with Crippen LogP contribution in [0.4, 0.5) is 0 Å². The quantitative estimate of drug-likeness (QED) is 0.828. The first kappa shape index (κ1) is 10.4. The molecule has 0 fully saturated rings. The second kappa shape index (κ2) is 4.57. The molecule has 2 rings (SSSR count). The molecule has 0 aliphatic rings. The number of carbonyl (C=O) groups excluding carboxylic acids is 1. The van der Waals surface area contributed by atoms with Gasteiger partial charge in [-0.15, -0.1) is 0 Å². The minimum atomic E-state index is -0.0352. The Bertz CT molecular complexity index is 530. The summed E-state index contributed by atoms with van der Waals surface area (Å²) < 4.78 is 1.93. The molecule has 1 amide bonds. The summed E-state index contributed by atoms with van der Waals surface area (Å²) in [5.41, 5.74) is 1.77. The standard InChI is InChI=1S/C11H12N4O/c1-9(16)13-4-2-3-10-7-14-11-8-12-5-6-15(10)11/h2-3,5-8H,4H2,1H3,(H,13,16). The molecule has 0 spiro atoms. The molecule has 2 heterocycles. The minimum absolute atomic E-state index is 0.0352. The van der Waals surface area contributed by atoms with Gasteiger partial charge >= 0.3 is 0 Å². The number of carbonyl (C=O) groups is 1. The maximum absolute atomic E-state index is 10.6. The van der Waals surface area contributed by atoms with Crippen molar-refractivity contribution >= 4 is 17.6 Å². The number of nitrogens with zero attached hydrogens (tertiary/aromatic N) is 3. The summed E-state index contributed by atoms with van der Waals surface area (Å²) in [6, 6.07) is 0. The second-order valence-electron chi connectivity index (χ2n) is 3.33. The lowest BCUT2D eigenvalue weighted by molar-refractivity contribution is -0.118. The third-order valence-electron chi connectivity index (χ3n) is 2.10. The summed E-state index contributed by atoms with van der Waals surface area (Å²) >= 11 is 0. The molecule has 5 nitrogen and oxygen atoms in total. The molecule has 0 aromatic carbocycles. The average molecular weight is 216 g/mol. The van der Waals surface area contributed by atoms with Crippen LogP contribution in [0.1, 0.15) is 12.6 Å². The number of amides is 1. The predicted octanol–water partition coefficient (Wildman–Crippen LogP) is 0.879. The minimum Gasteiger partial charge on any atom is -0.353 e. The Balaban J connectivity index is 2.12. The van der Waals surface area contributed by atoms with Crippen LogP contribution >= 0.6 is 0 Å². The number of nitrogens with one attached hydrogen (secondary N) is 1. The Morgan fingerprint density at radius 2 is 2.44 bits per heavy atom. The van der Waals surface area contributed by atoms with Crippen molar-refractivity contribution in [2.45, 2.75) is 6.92 Å². The zero-order valence-electron chi connectivity index (χ0n) is 8.92. The lowest BCUT2D eigenvalue weighted by Crippen LogP contribution is -2.19. The van der Waals surface area contributed by atoms with Crippen LogP contribution in [0, 0.1) is 0 Å². The van der Waals surface area contributed by atoms with E-state index in [0.717, 1.165) is 11.3 Å². The van der Waals surface area contributed by atoms with E-state index in [-0.39, 0.29) is 5.91 Å². The zero-order chi connectivity index (χ0) is 11.4. The first-order chi connectivity index (χ1) is 7.77. The van der Waals surface area contributed by atoms with E-state index in [1.807, 2.05) is 22.7 Å². The fourth-order valence-corrected chi connectivity index (χ4v) is 1.37. The average Bonchev–Trinajstić information content (AvgIpc) is 2.68. The van der Waals surface area contributed by atoms with Gasteiger partial charge in [0, 0.05) is 25.9 Å². The van der Waals surface area contributed by atoms with Gasteiger partial charge in [-0.05, 0) is 6.08 Å².